The van der Waals surface area contributed by atoms with Crippen LogP contribution in [0.5, 0.6) is 11.5 Å². The number of ether oxygens (including phenoxy) is 2. The fourth-order valence-corrected chi connectivity index (χ4v) is 5.40. The number of nitrogens with one attached hydrogen (secondary N) is 1. The van der Waals surface area contributed by atoms with Crippen molar-refractivity contribution in [3.8, 4) is 22.8 Å². The first-order valence-electron chi connectivity index (χ1n) is 13.6. The van der Waals surface area contributed by atoms with E-state index in [0.29, 0.717) is 10.9 Å². The van der Waals surface area contributed by atoms with Crippen molar-refractivity contribution < 1.29 is 37.3 Å². The van der Waals surface area contributed by atoms with Crippen LogP contribution in [0, 0.1) is 0 Å². The topological polar surface area (TPSA) is 154 Å². The minimum Gasteiger partial charge on any atom is -0.494 e. The third kappa shape index (κ3) is 5.20. The van der Waals surface area contributed by atoms with Crippen molar-refractivity contribution >= 4 is 45.9 Å². The maximum Gasteiger partial charge on any atom is 0.424 e. The molecule has 1 saturated carbocycles. The number of methoxy groups -OCH3 is 1. The molecule has 4 N–H and O–H groups in total. The van der Waals surface area contributed by atoms with Crippen molar-refractivity contribution in [1.29, 1.82) is 0 Å². The van der Waals surface area contributed by atoms with Crippen molar-refractivity contribution in [3.05, 3.63) is 63.7 Å². The molecule has 1 aliphatic heterocycles. The SMILES string of the molecule is COc1cc(C(=O)NCC(O)(c2cc3c(c(-c4cnc(Cl)c(Cl)c4)n2)OC[C@]3(C)C(N)=O)C(F)(F)F)cc2cn(C3CC3)nc12. The first-order chi connectivity index (χ1) is 21.2. The lowest BCUT2D eigenvalue weighted by atomic mass is 9.82. The number of rotatable bonds is 8. The normalized spacial score (nSPS) is 19.1. The lowest BCUT2D eigenvalue weighted by molar-refractivity contribution is -0.265. The highest BCUT2D eigenvalue weighted by Gasteiger charge is 2.57. The molecule has 4 heterocycles. The number of pyridine rings is 2. The van der Waals surface area contributed by atoms with Crippen LogP contribution in [-0.2, 0) is 15.8 Å². The molecule has 0 bridgehead atoms. The first-order valence-corrected chi connectivity index (χ1v) is 14.4. The summed E-state index contributed by atoms with van der Waals surface area (Å²) < 4.78 is 57.1. The van der Waals surface area contributed by atoms with Crippen molar-refractivity contribution in [1.82, 2.24) is 25.1 Å². The number of amides is 2. The molecule has 1 aliphatic carbocycles. The van der Waals surface area contributed by atoms with Gasteiger partial charge in [0.25, 0.3) is 5.91 Å². The third-order valence-corrected chi connectivity index (χ3v) is 8.76. The number of nitrogens with two attached hydrogens (primary N) is 1. The van der Waals surface area contributed by atoms with Gasteiger partial charge in [-0.05, 0) is 44.0 Å². The van der Waals surface area contributed by atoms with Crippen LogP contribution in [0.2, 0.25) is 10.2 Å². The monoisotopic (exact) mass is 664 g/mol. The molecule has 16 heteroatoms. The predicted molar refractivity (Wildman–Crippen MR) is 156 cm³/mol. The lowest BCUT2D eigenvalue weighted by Crippen LogP contribution is -2.51. The molecule has 0 radical (unpaired) electrons. The summed E-state index contributed by atoms with van der Waals surface area (Å²) in [6.07, 6.45) is -0.490. The highest BCUT2D eigenvalue weighted by molar-refractivity contribution is 6.41. The van der Waals surface area contributed by atoms with E-state index in [1.165, 1.54) is 38.4 Å². The number of carbonyl (C=O) groups excluding carboxylic acids is 2. The largest absolute Gasteiger partial charge is 0.494 e. The molecule has 11 nitrogen and oxygen atoms in total. The van der Waals surface area contributed by atoms with Crippen LogP contribution in [0.25, 0.3) is 22.2 Å². The van der Waals surface area contributed by atoms with E-state index in [2.05, 4.69) is 20.4 Å². The van der Waals surface area contributed by atoms with Crippen LogP contribution in [0.3, 0.4) is 0 Å². The number of alkyl halides is 3. The molecule has 6 rings (SSSR count). The van der Waals surface area contributed by atoms with Crippen molar-refractivity contribution in [3.63, 3.8) is 0 Å². The number of halogens is 5. The van der Waals surface area contributed by atoms with Crippen LogP contribution < -0.4 is 20.5 Å². The Balaban J connectivity index is 1.41. The fraction of sp³-hybridized carbons (Fsp3) is 0.345. The van der Waals surface area contributed by atoms with Gasteiger partial charge in [-0.2, -0.15) is 18.3 Å². The predicted octanol–water partition coefficient (Wildman–Crippen LogP) is 4.46. The smallest absolute Gasteiger partial charge is 0.424 e. The number of primary amides is 1. The van der Waals surface area contributed by atoms with Crippen molar-refractivity contribution in [2.45, 2.75) is 43.0 Å². The zero-order valence-electron chi connectivity index (χ0n) is 23.7. The van der Waals surface area contributed by atoms with E-state index in [9.17, 15) is 27.9 Å². The maximum atomic E-state index is 14.8. The second-order valence-corrected chi connectivity index (χ2v) is 12.0. The molecule has 0 spiro atoms. The summed E-state index contributed by atoms with van der Waals surface area (Å²) in [7, 11) is 1.39. The van der Waals surface area contributed by atoms with E-state index in [-0.39, 0.29) is 56.7 Å². The Hall–Kier alpha value is -4.14. The Labute approximate surface area is 263 Å². The van der Waals surface area contributed by atoms with Gasteiger partial charge in [0.2, 0.25) is 11.5 Å². The molecule has 1 unspecified atom stereocenters. The number of fused-ring (bicyclic) bond motifs is 2. The summed E-state index contributed by atoms with van der Waals surface area (Å²) in [4.78, 5) is 33.8. The standard InChI is InChI=1S/C29H25Cl2F3N6O5/c1-27(26(35)42)12-45-23-17(27)8-20(38-22(23)14-6-18(30)24(31)36-9-14)28(43,29(32,33)34)11-37-25(41)13-5-15-10-40(16-3-4-16)39-21(15)19(7-13)44-2/h5-10,16,43H,3-4,11-12H2,1-2H3,(H2,35,42)(H,37,41)/t27-,28?/m0/s1. The summed E-state index contributed by atoms with van der Waals surface area (Å²) in [5.41, 5.74) is -0.270. The quantitative estimate of drug-likeness (QED) is 0.233. The third-order valence-electron chi connectivity index (χ3n) is 8.08. The highest BCUT2D eigenvalue weighted by Crippen LogP contribution is 2.48. The number of aliphatic hydroxyl groups is 1. The van der Waals surface area contributed by atoms with Gasteiger partial charge in [0.1, 0.15) is 39.9 Å². The van der Waals surface area contributed by atoms with Gasteiger partial charge in [0.05, 0.1) is 30.4 Å². The fourth-order valence-electron chi connectivity index (χ4n) is 5.13. The van der Waals surface area contributed by atoms with Gasteiger partial charge >= 0.3 is 6.18 Å². The van der Waals surface area contributed by atoms with E-state index in [0.717, 1.165) is 18.9 Å². The number of nitrogens with zero attached hydrogens (tertiary/aromatic N) is 4. The zero-order valence-corrected chi connectivity index (χ0v) is 25.2. The summed E-state index contributed by atoms with van der Waals surface area (Å²) >= 11 is 12.0. The van der Waals surface area contributed by atoms with Crippen LogP contribution in [0.4, 0.5) is 13.2 Å². The number of hydrogen-bond donors (Lipinski definition) is 3. The number of benzene rings is 1. The molecule has 236 valence electrons. The van der Waals surface area contributed by atoms with E-state index < -0.39 is 41.2 Å². The van der Waals surface area contributed by atoms with Crippen LogP contribution in [-0.4, -0.2) is 63.1 Å². The van der Waals surface area contributed by atoms with Gasteiger partial charge in [-0.15, -0.1) is 0 Å². The van der Waals surface area contributed by atoms with Gasteiger partial charge in [-0.1, -0.05) is 23.2 Å². The Morgan fingerprint density at radius 3 is 2.60 bits per heavy atom. The second-order valence-electron chi connectivity index (χ2n) is 11.2. The van der Waals surface area contributed by atoms with E-state index in [4.69, 9.17) is 38.4 Å². The van der Waals surface area contributed by atoms with Gasteiger partial charge in [-0.3, -0.25) is 14.3 Å². The van der Waals surface area contributed by atoms with E-state index in [1.807, 2.05) is 0 Å². The lowest BCUT2D eigenvalue weighted by Gasteiger charge is -2.31. The molecule has 3 aromatic heterocycles. The average Bonchev–Trinajstić information content (AvgIpc) is 3.66. The molecule has 1 fully saturated rings. The zero-order chi connectivity index (χ0) is 32.5. The van der Waals surface area contributed by atoms with Gasteiger partial charge in [-0.25, -0.2) is 9.97 Å². The van der Waals surface area contributed by atoms with Crippen molar-refractivity contribution in [2.75, 3.05) is 20.3 Å². The molecule has 2 atom stereocenters. The van der Waals surface area contributed by atoms with Crippen molar-refractivity contribution in [2.24, 2.45) is 5.73 Å². The Morgan fingerprint density at radius 2 is 1.98 bits per heavy atom. The molecule has 4 aromatic rings. The highest BCUT2D eigenvalue weighted by atomic mass is 35.5. The summed E-state index contributed by atoms with van der Waals surface area (Å²) in [6.45, 7) is -0.242. The Kier molecular flexibility index (Phi) is 7.37. The molecule has 2 amide bonds. The second kappa shape index (κ2) is 10.7. The summed E-state index contributed by atoms with van der Waals surface area (Å²) in [5, 5.41) is 18.5. The van der Waals surface area contributed by atoms with Crippen LogP contribution >= 0.6 is 23.2 Å². The Morgan fingerprint density at radius 1 is 1.24 bits per heavy atom. The molecular formula is C29H25Cl2F3N6O5. The first kappa shape index (κ1) is 30.9. The molecule has 2 aliphatic rings. The molecule has 1 aromatic carbocycles. The van der Waals surface area contributed by atoms with Gasteiger partial charge < -0.3 is 25.6 Å². The van der Waals surface area contributed by atoms with Gasteiger partial charge in [0, 0.05) is 34.5 Å². The maximum absolute atomic E-state index is 14.8. The average molecular weight is 665 g/mol. The summed E-state index contributed by atoms with van der Waals surface area (Å²) in [5.74, 6) is -1.58. The molecule has 0 saturated heterocycles. The van der Waals surface area contributed by atoms with Gasteiger partial charge in [0.15, 0.2) is 0 Å². The minimum absolute atomic E-state index is 0.0154. The van der Waals surface area contributed by atoms with E-state index in [1.54, 1.807) is 10.9 Å². The summed E-state index contributed by atoms with van der Waals surface area (Å²) in [6, 6.07) is 5.28. The number of carbonyl (C=O) groups is 2. The minimum atomic E-state index is -5.36. The Bertz CT molecular complexity index is 1880. The van der Waals surface area contributed by atoms with E-state index >= 15 is 0 Å². The molecular weight excluding hydrogens is 640 g/mol. The van der Waals surface area contributed by atoms with Crippen LogP contribution in [0.1, 0.15) is 47.4 Å². The number of hydrogen-bond acceptors (Lipinski definition) is 8. The molecule has 45 heavy (non-hydrogen) atoms. The van der Waals surface area contributed by atoms with Crippen LogP contribution in [0.15, 0.2) is 36.7 Å². The number of aromatic nitrogens is 4.